The Morgan fingerprint density at radius 1 is 0.968 bits per heavy atom. The van der Waals surface area contributed by atoms with Crippen molar-refractivity contribution in [2.24, 2.45) is 11.0 Å². The van der Waals surface area contributed by atoms with E-state index in [4.69, 9.17) is 0 Å². The maximum Gasteiger partial charge on any atom is 0.244 e. The molecule has 152 valence electrons. The Morgan fingerprint density at radius 2 is 1.74 bits per heavy atom. The number of carbonyl (C=O) groups excluding carboxylic acids is 1. The van der Waals surface area contributed by atoms with Crippen molar-refractivity contribution in [1.29, 1.82) is 0 Å². The average molecular weight is 406 g/mol. The standard InChI is InChI=1S/C27H23N3O/c1-27(22-14-12-20(13-15-22)19-7-3-2-4-8-19)17-24(27)26(31)30-29-18-21-9-5-11-25-23(21)10-6-16-28-25/h2-16,18,24H,17H2,1H3,(H,30,31)/b29-18+. The molecule has 4 heteroatoms. The average Bonchev–Trinajstić information content (AvgIpc) is 3.53. The fourth-order valence-electron chi connectivity index (χ4n) is 4.22. The molecule has 1 aliphatic rings. The van der Waals surface area contributed by atoms with E-state index in [0.717, 1.165) is 22.9 Å². The van der Waals surface area contributed by atoms with E-state index in [0.29, 0.717) is 0 Å². The first-order valence-corrected chi connectivity index (χ1v) is 10.5. The van der Waals surface area contributed by atoms with E-state index in [1.54, 1.807) is 12.4 Å². The van der Waals surface area contributed by atoms with Gasteiger partial charge in [-0.1, -0.05) is 79.7 Å². The monoisotopic (exact) mass is 405 g/mol. The molecule has 0 radical (unpaired) electrons. The van der Waals surface area contributed by atoms with Crippen LogP contribution in [0.2, 0.25) is 0 Å². The highest BCUT2D eigenvalue weighted by molar-refractivity contribution is 5.98. The third kappa shape index (κ3) is 3.73. The normalized spacial score (nSPS) is 20.1. The van der Waals surface area contributed by atoms with Crippen LogP contribution in [0.1, 0.15) is 24.5 Å². The Morgan fingerprint density at radius 3 is 2.55 bits per heavy atom. The molecule has 1 fully saturated rings. The number of rotatable bonds is 5. The van der Waals surface area contributed by atoms with Crippen LogP contribution in [-0.4, -0.2) is 17.1 Å². The lowest BCUT2D eigenvalue weighted by Crippen LogP contribution is -2.23. The molecule has 1 heterocycles. The summed E-state index contributed by atoms with van der Waals surface area (Å²) in [6.45, 7) is 2.15. The van der Waals surface area contributed by atoms with Gasteiger partial charge in [0.1, 0.15) is 0 Å². The zero-order valence-electron chi connectivity index (χ0n) is 17.3. The summed E-state index contributed by atoms with van der Waals surface area (Å²) in [4.78, 5) is 17.1. The summed E-state index contributed by atoms with van der Waals surface area (Å²) in [7, 11) is 0. The highest BCUT2D eigenvalue weighted by Crippen LogP contribution is 2.54. The Bertz CT molecular complexity index is 1260. The first-order chi connectivity index (χ1) is 15.1. The van der Waals surface area contributed by atoms with Crippen LogP contribution in [0.3, 0.4) is 0 Å². The van der Waals surface area contributed by atoms with Gasteiger partial charge in [-0.15, -0.1) is 0 Å². The van der Waals surface area contributed by atoms with Gasteiger partial charge in [-0.3, -0.25) is 9.78 Å². The molecule has 2 atom stereocenters. The summed E-state index contributed by atoms with van der Waals surface area (Å²) in [5.41, 5.74) is 8.00. The van der Waals surface area contributed by atoms with Gasteiger partial charge in [-0.2, -0.15) is 5.10 Å². The second kappa shape index (κ2) is 7.80. The van der Waals surface area contributed by atoms with E-state index in [2.05, 4.69) is 58.8 Å². The number of carbonyl (C=O) groups is 1. The second-order valence-electron chi connectivity index (χ2n) is 8.27. The third-order valence-electron chi connectivity index (χ3n) is 6.26. The van der Waals surface area contributed by atoms with Crippen molar-refractivity contribution in [3.8, 4) is 11.1 Å². The summed E-state index contributed by atoms with van der Waals surface area (Å²) in [5.74, 6) is -0.106. The molecule has 3 aromatic carbocycles. The van der Waals surface area contributed by atoms with Gasteiger partial charge >= 0.3 is 0 Å². The van der Waals surface area contributed by atoms with Gasteiger partial charge in [0.05, 0.1) is 17.6 Å². The third-order valence-corrected chi connectivity index (χ3v) is 6.26. The first kappa shape index (κ1) is 19.2. The summed E-state index contributed by atoms with van der Waals surface area (Å²) in [6.07, 6.45) is 4.29. The van der Waals surface area contributed by atoms with Gasteiger partial charge in [-0.05, 0) is 35.2 Å². The van der Waals surface area contributed by atoms with Crippen molar-refractivity contribution >= 4 is 23.0 Å². The molecule has 1 saturated carbocycles. The van der Waals surface area contributed by atoms with Crippen molar-refractivity contribution in [2.45, 2.75) is 18.8 Å². The van der Waals surface area contributed by atoms with Crippen LogP contribution in [0, 0.1) is 5.92 Å². The number of fused-ring (bicyclic) bond motifs is 1. The summed E-state index contributed by atoms with van der Waals surface area (Å²) in [5, 5.41) is 5.23. The minimum atomic E-state index is -0.141. The lowest BCUT2D eigenvalue weighted by Gasteiger charge is -2.12. The zero-order chi connectivity index (χ0) is 21.3. The second-order valence-corrected chi connectivity index (χ2v) is 8.27. The predicted molar refractivity (Wildman–Crippen MR) is 125 cm³/mol. The Hall–Kier alpha value is -3.79. The Labute approximate surface area is 181 Å². The van der Waals surface area contributed by atoms with Crippen LogP contribution in [0.5, 0.6) is 0 Å². The molecule has 0 spiro atoms. The zero-order valence-corrected chi connectivity index (χ0v) is 17.3. The fourth-order valence-corrected chi connectivity index (χ4v) is 4.22. The van der Waals surface area contributed by atoms with E-state index in [1.807, 2.05) is 48.5 Å². The molecule has 0 bridgehead atoms. The molecular formula is C27H23N3O. The largest absolute Gasteiger partial charge is 0.273 e. The Balaban J connectivity index is 1.26. The topological polar surface area (TPSA) is 54.4 Å². The predicted octanol–water partition coefficient (Wildman–Crippen LogP) is 5.33. The SMILES string of the molecule is CC1(c2ccc(-c3ccccc3)cc2)CC1C(=O)N/N=C/c1cccc2ncccc12. The smallest absolute Gasteiger partial charge is 0.244 e. The highest BCUT2D eigenvalue weighted by Gasteiger charge is 2.55. The molecule has 1 aromatic heterocycles. The van der Waals surface area contributed by atoms with E-state index in [9.17, 15) is 4.79 Å². The summed E-state index contributed by atoms with van der Waals surface area (Å²) < 4.78 is 0. The van der Waals surface area contributed by atoms with E-state index in [1.165, 1.54) is 16.7 Å². The fraction of sp³-hybridized carbons (Fsp3) is 0.148. The maximum atomic E-state index is 12.7. The summed E-state index contributed by atoms with van der Waals surface area (Å²) in [6, 6.07) is 28.6. The number of benzene rings is 3. The van der Waals surface area contributed by atoms with E-state index in [-0.39, 0.29) is 17.2 Å². The van der Waals surface area contributed by atoms with Crippen molar-refractivity contribution in [3.05, 3.63) is 102 Å². The van der Waals surface area contributed by atoms with Gasteiger partial charge in [0.15, 0.2) is 0 Å². The molecule has 1 aliphatic carbocycles. The number of aromatic nitrogens is 1. The van der Waals surface area contributed by atoms with Crippen LogP contribution in [0.25, 0.3) is 22.0 Å². The van der Waals surface area contributed by atoms with E-state index >= 15 is 0 Å². The molecule has 1 N–H and O–H groups in total. The summed E-state index contributed by atoms with van der Waals surface area (Å²) >= 11 is 0. The number of hydrogen-bond donors (Lipinski definition) is 1. The van der Waals surface area contributed by atoms with Gasteiger partial charge < -0.3 is 0 Å². The van der Waals surface area contributed by atoms with Gasteiger partial charge in [-0.25, -0.2) is 5.43 Å². The van der Waals surface area contributed by atoms with Crippen LogP contribution in [-0.2, 0) is 10.2 Å². The van der Waals surface area contributed by atoms with Gasteiger partial charge in [0, 0.05) is 22.6 Å². The van der Waals surface area contributed by atoms with Crippen molar-refractivity contribution in [1.82, 2.24) is 10.4 Å². The number of hydrazone groups is 1. The Kier molecular flexibility index (Phi) is 4.83. The lowest BCUT2D eigenvalue weighted by atomic mass is 9.93. The number of nitrogens with one attached hydrogen (secondary N) is 1. The minimum Gasteiger partial charge on any atom is -0.273 e. The van der Waals surface area contributed by atoms with Gasteiger partial charge in [0.2, 0.25) is 5.91 Å². The molecule has 1 amide bonds. The maximum absolute atomic E-state index is 12.7. The highest BCUT2D eigenvalue weighted by atomic mass is 16.2. The van der Waals surface area contributed by atoms with Gasteiger partial charge in [0.25, 0.3) is 0 Å². The lowest BCUT2D eigenvalue weighted by molar-refractivity contribution is -0.122. The van der Waals surface area contributed by atoms with Crippen LogP contribution >= 0.6 is 0 Å². The van der Waals surface area contributed by atoms with Crippen molar-refractivity contribution < 1.29 is 4.79 Å². The van der Waals surface area contributed by atoms with Crippen LogP contribution in [0.15, 0.2) is 96.2 Å². The molecule has 0 saturated heterocycles. The van der Waals surface area contributed by atoms with Crippen molar-refractivity contribution in [3.63, 3.8) is 0 Å². The quantitative estimate of drug-likeness (QED) is 0.360. The minimum absolute atomic E-state index is 0.0377. The molecule has 0 aliphatic heterocycles. The van der Waals surface area contributed by atoms with Crippen molar-refractivity contribution in [2.75, 3.05) is 0 Å². The molecule has 5 rings (SSSR count). The molecule has 2 unspecified atom stereocenters. The van der Waals surface area contributed by atoms with Crippen LogP contribution in [0.4, 0.5) is 0 Å². The van der Waals surface area contributed by atoms with E-state index < -0.39 is 0 Å². The number of hydrogen-bond acceptors (Lipinski definition) is 3. The van der Waals surface area contributed by atoms with Crippen LogP contribution < -0.4 is 5.43 Å². The molecule has 4 nitrogen and oxygen atoms in total. The molecule has 4 aromatic rings. The first-order valence-electron chi connectivity index (χ1n) is 10.5. The molecule has 31 heavy (non-hydrogen) atoms. The number of amides is 1. The number of nitrogens with zero attached hydrogens (tertiary/aromatic N) is 2. The number of pyridine rings is 1. The molecular weight excluding hydrogens is 382 g/mol.